The molecule has 0 unspecified atom stereocenters. The number of aryl methyl sites for hydroxylation is 1. The van der Waals surface area contributed by atoms with Crippen LogP contribution in [0.15, 0.2) is 42.5 Å². The van der Waals surface area contributed by atoms with E-state index in [1.54, 1.807) is 0 Å². The van der Waals surface area contributed by atoms with Gasteiger partial charge in [-0.3, -0.25) is 14.5 Å². The van der Waals surface area contributed by atoms with Gasteiger partial charge in [-0.25, -0.2) is 9.18 Å². The van der Waals surface area contributed by atoms with Crippen molar-refractivity contribution in [1.82, 2.24) is 10.2 Å². The second kappa shape index (κ2) is 6.91. The van der Waals surface area contributed by atoms with E-state index in [0.717, 1.165) is 34.9 Å². The van der Waals surface area contributed by atoms with Gasteiger partial charge in [0.15, 0.2) is 0 Å². The van der Waals surface area contributed by atoms with Gasteiger partial charge in [-0.05, 0) is 48.6 Å². The van der Waals surface area contributed by atoms with Crippen LogP contribution < -0.4 is 10.6 Å². The highest BCUT2D eigenvalue weighted by atomic mass is 35.5. The topological polar surface area (TPSA) is 78.5 Å². The molecule has 1 aliphatic heterocycles. The van der Waals surface area contributed by atoms with Crippen LogP contribution in [0.4, 0.5) is 14.9 Å². The number of imide groups is 1. The fourth-order valence-corrected chi connectivity index (χ4v) is 4.04. The fraction of sp³-hybridized carbons (Fsp3) is 0.250. The number of urea groups is 1. The Kier molecular flexibility index (Phi) is 4.55. The van der Waals surface area contributed by atoms with E-state index in [0.29, 0.717) is 6.42 Å². The number of carbonyl (C=O) groups excluding carboxylic acids is 3. The molecule has 0 saturated carbocycles. The van der Waals surface area contributed by atoms with Crippen LogP contribution in [0.1, 0.15) is 24.0 Å². The van der Waals surface area contributed by atoms with Crippen LogP contribution in [-0.4, -0.2) is 29.3 Å². The summed E-state index contributed by atoms with van der Waals surface area (Å²) in [5, 5.41) is 5.35. The number of carbonyl (C=O) groups is 3. The van der Waals surface area contributed by atoms with Crippen molar-refractivity contribution in [1.29, 1.82) is 0 Å². The van der Waals surface area contributed by atoms with Gasteiger partial charge in [0.05, 0.1) is 5.69 Å². The van der Waals surface area contributed by atoms with E-state index in [-0.39, 0.29) is 10.7 Å². The summed E-state index contributed by atoms with van der Waals surface area (Å²) in [7, 11) is 0. The van der Waals surface area contributed by atoms with Crippen molar-refractivity contribution < 1.29 is 18.8 Å². The molecule has 1 spiro atoms. The highest BCUT2D eigenvalue weighted by Gasteiger charge is 2.54. The lowest BCUT2D eigenvalue weighted by Gasteiger charge is -2.33. The molecule has 4 amide bonds. The minimum absolute atomic E-state index is 0.0702. The number of nitrogens with one attached hydrogen (secondary N) is 2. The van der Waals surface area contributed by atoms with Crippen LogP contribution in [0, 0.1) is 5.82 Å². The molecule has 1 heterocycles. The normalized spacial score (nSPS) is 20.9. The summed E-state index contributed by atoms with van der Waals surface area (Å²) >= 11 is 5.69. The largest absolute Gasteiger partial charge is 0.325 e. The summed E-state index contributed by atoms with van der Waals surface area (Å²) in [5.74, 6) is -1.84. The van der Waals surface area contributed by atoms with Gasteiger partial charge in [0.1, 0.15) is 17.9 Å². The zero-order valence-electron chi connectivity index (χ0n) is 14.8. The molecular formula is C20H17ClFN3O3. The molecule has 6 nitrogen and oxygen atoms in total. The van der Waals surface area contributed by atoms with Crippen molar-refractivity contribution in [3.05, 3.63) is 64.4 Å². The molecular weight excluding hydrogens is 385 g/mol. The molecule has 0 radical (unpaired) electrons. The molecule has 1 atom stereocenters. The van der Waals surface area contributed by atoms with Crippen LogP contribution in [0.25, 0.3) is 0 Å². The number of anilines is 1. The van der Waals surface area contributed by atoms with Gasteiger partial charge < -0.3 is 10.6 Å². The van der Waals surface area contributed by atoms with E-state index in [1.807, 2.05) is 24.3 Å². The maximum absolute atomic E-state index is 13.9. The Hall–Kier alpha value is -2.93. The van der Waals surface area contributed by atoms with E-state index >= 15 is 0 Å². The molecule has 28 heavy (non-hydrogen) atoms. The van der Waals surface area contributed by atoms with Crippen molar-refractivity contribution in [3.8, 4) is 0 Å². The Balaban J connectivity index is 1.55. The van der Waals surface area contributed by atoms with E-state index in [2.05, 4.69) is 10.6 Å². The SMILES string of the molecule is O=C(CN1C(=O)N[C@]2(CCCc3ccccc32)C1=O)Nc1ccc(Cl)cc1F. The third-order valence-electron chi connectivity index (χ3n) is 5.16. The Morgan fingerprint density at radius 1 is 1.25 bits per heavy atom. The number of hydrogen-bond donors (Lipinski definition) is 2. The molecule has 8 heteroatoms. The van der Waals surface area contributed by atoms with Crippen molar-refractivity contribution in [3.63, 3.8) is 0 Å². The number of amides is 4. The maximum Gasteiger partial charge on any atom is 0.325 e. The Labute approximate surface area is 165 Å². The zero-order chi connectivity index (χ0) is 19.9. The lowest BCUT2D eigenvalue weighted by atomic mass is 9.76. The predicted molar refractivity (Wildman–Crippen MR) is 101 cm³/mol. The Morgan fingerprint density at radius 2 is 2.04 bits per heavy atom. The van der Waals surface area contributed by atoms with Gasteiger partial charge in [-0.15, -0.1) is 0 Å². The van der Waals surface area contributed by atoms with Gasteiger partial charge in [0.25, 0.3) is 5.91 Å². The molecule has 1 saturated heterocycles. The van der Waals surface area contributed by atoms with Gasteiger partial charge in [-0.1, -0.05) is 35.9 Å². The second-order valence-electron chi connectivity index (χ2n) is 6.91. The Bertz CT molecular complexity index is 996. The first-order chi connectivity index (χ1) is 13.4. The maximum atomic E-state index is 13.9. The van der Waals surface area contributed by atoms with Gasteiger partial charge in [0, 0.05) is 5.02 Å². The fourth-order valence-electron chi connectivity index (χ4n) is 3.88. The van der Waals surface area contributed by atoms with E-state index < -0.39 is 35.7 Å². The monoisotopic (exact) mass is 401 g/mol. The third kappa shape index (κ3) is 3.01. The summed E-state index contributed by atoms with van der Waals surface area (Å²) in [5.41, 5.74) is 0.569. The van der Waals surface area contributed by atoms with E-state index in [9.17, 15) is 18.8 Å². The first-order valence-electron chi connectivity index (χ1n) is 8.88. The number of halogens is 2. The molecule has 1 fully saturated rings. The van der Waals surface area contributed by atoms with Crippen molar-refractivity contribution in [2.75, 3.05) is 11.9 Å². The lowest BCUT2D eigenvalue weighted by molar-refractivity contribution is -0.134. The zero-order valence-corrected chi connectivity index (χ0v) is 15.6. The third-order valence-corrected chi connectivity index (χ3v) is 5.39. The van der Waals surface area contributed by atoms with E-state index in [1.165, 1.54) is 12.1 Å². The van der Waals surface area contributed by atoms with Crippen molar-refractivity contribution in [2.24, 2.45) is 0 Å². The van der Waals surface area contributed by atoms with Gasteiger partial charge >= 0.3 is 6.03 Å². The molecule has 144 valence electrons. The lowest BCUT2D eigenvalue weighted by Crippen LogP contribution is -2.47. The minimum atomic E-state index is -1.14. The number of rotatable bonds is 3. The predicted octanol–water partition coefficient (Wildman–Crippen LogP) is 3.20. The molecule has 4 rings (SSSR count). The molecule has 0 aromatic heterocycles. The highest BCUT2D eigenvalue weighted by molar-refractivity contribution is 6.30. The molecule has 2 N–H and O–H groups in total. The summed E-state index contributed by atoms with van der Waals surface area (Å²) in [4.78, 5) is 38.8. The molecule has 2 aliphatic rings. The summed E-state index contributed by atoms with van der Waals surface area (Å²) in [6.07, 6.45) is 2.05. The number of hydrogen-bond acceptors (Lipinski definition) is 3. The van der Waals surface area contributed by atoms with Crippen LogP contribution in [0.5, 0.6) is 0 Å². The number of fused-ring (bicyclic) bond motifs is 2. The van der Waals surface area contributed by atoms with Crippen molar-refractivity contribution in [2.45, 2.75) is 24.8 Å². The van der Waals surface area contributed by atoms with E-state index in [4.69, 9.17) is 11.6 Å². The van der Waals surface area contributed by atoms with Crippen molar-refractivity contribution >= 4 is 35.1 Å². The summed E-state index contributed by atoms with van der Waals surface area (Å²) in [6, 6.07) is 10.7. The van der Waals surface area contributed by atoms with Gasteiger partial charge in [-0.2, -0.15) is 0 Å². The van der Waals surface area contributed by atoms with Crippen LogP contribution in [0.2, 0.25) is 5.02 Å². The first-order valence-corrected chi connectivity index (χ1v) is 9.26. The highest BCUT2D eigenvalue weighted by Crippen LogP contribution is 2.39. The average molecular weight is 402 g/mol. The molecule has 2 aromatic carbocycles. The molecule has 0 bridgehead atoms. The average Bonchev–Trinajstić information content (AvgIpc) is 2.89. The second-order valence-corrected chi connectivity index (χ2v) is 7.35. The quantitative estimate of drug-likeness (QED) is 0.775. The smallest absolute Gasteiger partial charge is 0.322 e. The summed E-state index contributed by atoms with van der Waals surface area (Å²) in [6.45, 7) is -0.503. The number of benzene rings is 2. The van der Waals surface area contributed by atoms with Crippen LogP contribution in [0.3, 0.4) is 0 Å². The van der Waals surface area contributed by atoms with Gasteiger partial charge in [0.2, 0.25) is 5.91 Å². The molecule has 1 aliphatic carbocycles. The minimum Gasteiger partial charge on any atom is -0.322 e. The Morgan fingerprint density at radius 3 is 2.82 bits per heavy atom. The van der Waals surface area contributed by atoms with Crippen LogP contribution >= 0.6 is 11.6 Å². The molecule has 2 aromatic rings. The van der Waals surface area contributed by atoms with Crippen LogP contribution in [-0.2, 0) is 21.5 Å². The standard InChI is InChI=1S/C20H17ClFN3O3/c21-13-7-8-16(15(22)10-13)23-17(26)11-25-18(27)20(24-19(25)28)9-3-5-12-4-1-2-6-14(12)20/h1-2,4,6-8,10H,3,5,9,11H2,(H,23,26)(H,24,28)/t20-/m0/s1. The summed E-state index contributed by atoms with van der Waals surface area (Å²) < 4.78 is 13.9. The number of nitrogens with zero attached hydrogens (tertiary/aromatic N) is 1. The first kappa shape index (κ1) is 18.4.